The van der Waals surface area contributed by atoms with Gasteiger partial charge in [0, 0.05) is 29.6 Å². The average molecular weight is 366 g/mol. The molecule has 0 bridgehead atoms. The van der Waals surface area contributed by atoms with Crippen molar-refractivity contribution in [1.82, 2.24) is 0 Å². The molecule has 0 heterocycles. The van der Waals surface area contributed by atoms with Crippen molar-refractivity contribution >= 4 is 35.5 Å². The number of rotatable bonds is 18. The van der Waals surface area contributed by atoms with Gasteiger partial charge in [0.1, 0.15) is 6.10 Å². The van der Waals surface area contributed by atoms with Crippen LogP contribution in [-0.2, 0) is 9.53 Å². The Kier molecular flexibility index (Phi) is 24.9. The topological polar surface area (TPSA) is 46.5 Å². The summed E-state index contributed by atoms with van der Waals surface area (Å²) in [7, 11) is 0. The number of unbranched alkanes of at least 4 members (excludes halogenated alkanes) is 15. The molecule has 25 heavy (non-hydrogen) atoms. The molecule has 145 valence electrons. The molecule has 0 aliphatic rings. The average Bonchev–Trinajstić information content (AvgIpc) is 2.57. The third kappa shape index (κ3) is 22.4. The number of carbonyl (C=O) groups is 1. The first-order chi connectivity index (χ1) is 11.7. The molecule has 1 radical (unpaired) electrons. The number of hydrogen-bond acceptors (Lipinski definition) is 3. The molecular formula is C21H42NaO3. The zero-order valence-corrected chi connectivity index (χ0v) is 19.4. The molecule has 0 aliphatic heterocycles. The second kappa shape index (κ2) is 22.5. The van der Waals surface area contributed by atoms with Gasteiger partial charge in [-0.25, -0.2) is 4.79 Å². The van der Waals surface area contributed by atoms with Gasteiger partial charge in [0.15, 0.2) is 0 Å². The molecule has 0 amide bonds. The fraction of sp³-hybridized carbons (Fsp3) is 0.952. The summed E-state index contributed by atoms with van der Waals surface area (Å²) < 4.78 is 4.93. The molecule has 1 N–H and O–H groups in total. The van der Waals surface area contributed by atoms with Gasteiger partial charge < -0.3 is 9.84 Å². The summed E-state index contributed by atoms with van der Waals surface area (Å²) >= 11 is 0. The molecule has 0 aromatic carbocycles. The Balaban J connectivity index is 0. The van der Waals surface area contributed by atoms with E-state index >= 15 is 0 Å². The summed E-state index contributed by atoms with van der Waals surface area (Å²) in [4.78, 5) is 11.0. The van der Waals surface area contributed by atoms with E-state index in [0.717, 1.165) is 12.8 Å². The van der Waals surface area contributed by atoms with Gasteiger partial charge in [-0.2, -0.15) is 0 Å². The molecule has 3 nitrogen and oxygen atoms in total. The van der Waals surface area contributed by atoms with Crippen LogP contribution in [0.4, 0.5) is 0 Å². The monoisotopic (exact) mass is 365 g/mol. The SMILES string of the molecule is CCCCCCCCCCCCCCCCCCOC(=O)C(C)O.[Na]. The van der Waals surface area contributed by atoms with Gasteiger partial charge in [-0.3, -0.25) is 0 Å². The summed E-state index contributed by atoms with van der Waals surface area (Å²) in [5, 5.41) is 8.98. The first-order valence-corrected chi connectivity index (χ1v) is 10.5. The number of aliphatic hydroxyl groups excluding tert-OH is 1. The molecule has 0 rings (SSSR count). The van der Waals surface area contributed by atoms with E-state index in [1.54, 1.807) is 0 Å². The van der Waals surface area contributed by atoms with Gasteiger partial charge in [-0.05, 0) is 13.3 Å². The van der Waals surface area contributed by atoms with Crippen molar-refractivity contribution in [3.8, 4) is 0 Å². The van der Waals surface area contributed by atoms with Crippen molar-refractivity contribution in [2.45, 2.75) is 123 Å². The van der Waals surface area contributed by atoms with Gasteiger partial charge in [0.05, 0.1) is 6.61 Å². The Bertz CT molecular complexity index is 270. The number of ether oxygens (including phenoxy) is 1. The van der Waals surface area contributed by atoms with Gasteiger partial charge in [-0.1, -0.05) is 103 Å². The number of hydrogen-bond donors (Lipinski definition) is 1. The van der Waals surface area contributed by atoms with Crippen LogP contribution in [0, 0.1) is 0 Å². The van der Waals surface area contributed by atoms with Crippen molar-refractivity contribution in [3.63, 3.8) is 0 Å². The molecule has 0 spiro atoms. The van der Waals surface area contributed by atoms with Crippen molar-refractivity contribution < 1.29 is 14.6 Å². The maximum absolute atomic E-state index is 11.0. The minimum Gasteiger partial charge on any atom is -0.464 e. The van der Waals surface area contributed by atoms with Gasteiger partial charge in [-0.15, -0.1) is 0 Å². The second-order valence-electron chi connectivity index (χ2n) is 7.15. The molecule has 0 saturated carbocycles. The Hall–Kier alpha value is 0.430. The van der Waals surface area contributed by atoms with Crippen molar-refractivity contribution in [1.29, 1.82) is 0 Å². The van der Waals surface area contributed by atoms with Crippen LogP contribution in [0.3, 0.4) is 0 Å². The summed E-state index contributed by atoms with van der Waals surface area (Å²) in [5.41, 5.74) is 0. The van der Waals surface area contributed by atoms with Crippen LogP contribution >= 0.6 is 0 Å². The fourth-order valence-electron chi connectivity index (χ4n) is 2.94. The van der Waals surface area contributed by atoms with Crippen LogP contribution in [0.25, 0.3) is 0 Å². The first kappa shape index (κ1) is 27.6. The molecule has 0 fully saturated rings. The number of esters is 1. The molecule has 0 aliphatic carbocycles. The zero-order chi connectivity index (χ0) is 17.9. The largest absolute Gasteiger partial charge is 0.464 e. The molecule has 4 heteroatoms. The van der Waals surface area contributed by atoms with Crippen LogP contribution in [0.5, 0.6) is 0 Å². The standard InChI is InChI=1S/C21H42O3.Na/c1-3-4-5-6-7-8-9-10-11-12-13-14-15-16-17-18-19-24-21(23)20(2)22;/h20,22H,3-19H2,1-2H3;. The van der Waals surface area contributed by atoms with Crippen LogP contribution in [0.2, 0.25) is 0 Å². The van der Waals surface area contributed by atoms with E-state index in [9.17, 15) is 4.79 Å². The van der Waals surface area contributed by atoms with Crippen LogP contribution in [0.1, 0.15) is 117 Å². The maximum atomic E-state index is 11.0. The van der Waals surface area contributed by atoms with Crippen molar-refractivity contribution in [3.05, 3.63) is 0 Å². The zero-order valence-electron chi connectivity index (χ0n) is 17.4. The number of carbonyl (C=O) groups excluding carboxylic acids is 1. The van der Waals surface area contributed by atoms with E-state index in [4.69, 9.17) is 9.84 Å². The molecule has 1 atom stereocenters. The Morgan fingerprint density at radius 2 is 1.04 bits per heavy atom. The minimum atomic E-state index is -0.994. The van der Waals surface area contributed by atoms with Gasteiger partial charge in [0.25, 0.3) is 0 Å². The second-order valence-corrected chi connectivity index (χ2v) is 7.15. The smallest absolute Gasteiger partial charge is 0.334 e. The van der Waals surface area contributed by atoms with Crippen molar-refractivity contribution in [2.24, 2.45) is 0 Å². The predicted molar refractivity (Wildman–Crippen MR) is 108 cm³/mol. The van der Waals surface area contributed by atoms with Gasteiger partial charge >= 0.3 is 5.97 Å². The van der Waals surface area contributed by atoms with E-state index in [1.807, 2.05) is 0 Å². The summed E-state index contributed by atoms with van der Waals surface area (Å²) in [6, 6.07) is 0. The van der Waals surface area contributed by atoms with Crippen molar-refractivity contribution in [2.75, 3.05) is 6.61 Å². The fourth-order valence-corrected chi connectivity index (χ4v) is 2.94. The van der Waals surface area contributed by atoms with E-state index in [1.165, 1.54) is 96.8 Å². The molecule has 0 aromatic rings. The Morgan fingerprint density at radius 1 is 0.720 bits per heavy atom. The van der Waals surface area contributed by atoms with E-state index in [0.29, 0.717) is 6.61 Å². The molecular weight excluding hydrogens is 323 g/mol. The van der Waals surface area contributed by atoms with E-state index in [-0.39, 0.29) is 29.6 Å². The Labute approximate surface area is 179 Å². The molecule has 0 saturated heterocycles. The van der Waals surface area contributed by atoms with E-state index in [2.05, 4.69) is 6.92 Å². The quantitative estimate of drug-likeness (QED) is 0.190. The summed E-state index contributed by atoms with van der Waals surface area (Å²) in [6.45, 7) is 4.16. The van der Waals surface area contributed by atoms with Crippen LogP contribution < -0.4 is 0 Å². The first-order valence-electron chi connectivity index (χ1n) is 10.5. The third-order valence-corrected chi connectivity index (χ3v) is 4.58. The molecule has 1 unspecified atom stereocenters. The third-order valence-electron chi connectivity index (χ3n) is 4.58. The predicted octanol–water partition coefficient (Wildman–Crippen LogP) is 5.79. The molecule has 0 aromatic heterocycles. The number of aliphatic hydroxyl groups is 1. The normalized spacial score (nSPS) is 11.8. The Morgan fingerprint density at radius 3 is 1.36 bits per heavy atom. The maximum Gasteiger partial charge on any atom is 0.334 e. The minimum absolute atomic E-state index is 0. The summed E-state index contributed by atoms with van der Waals surface area (Å²) in [5.74, 6) is -0.504. The van der Waals surface area contributed by atoms with Crippen LogP contribution in [-0.4, -0.2) is 53.3 Å². The summed E-state index contributed by atoms with van der Waals surface area (Å²) in [6.07, 6.45) is 20.4. The van der Waals surface area contributed by atoms with Crippen LogP contribution in [0.15, 0.2) is 0 Å². The van der Waals surface area contributed by atoms with Gasteiger partial charge in [0.2, 0.25) is 0 Å². The van der Waals surface area contributed by atoms with E-state index < -0.39 is 12.1 Å².